The maximum Gasteiger partial charge on any atom is 0.252 e. The zero-order chi connectivity index (χ0) is 30.7. The number of aryl methyl sites for hydroxylation is 1. The minimum absolute atomic E-state index is 0.0480. The van der Waals surface area contributed by atoms with E-state index in [4.69, 9.17) is 0 Å². The average molecular weight is 577 g/mol. The third-order valence-corrected chi connectivity index (χ3v) is 12.5. The highest BCUT2D eigenvalue weighted by Gasteiger charge is 2.61. The van der Waals surface area contributed by atoms with E-state index in [0.29, 0.717) is 0 Å². The summed E-state index contributed by atoms with van der Waals surface area (Å²) in [4.78, 5) is 2.85. The van der Waals surface area contributed by atoms with E-state index >= 15 is 0 Å². The van der Waals surface area contributed by atoms with Gasteiger partial charge in [-0.25, -0.2) is 0 Å². The Hall–Kier alpha value is -3.46. The van der Waals surface area contributed by atoms with Gasteiger partial charge in [0.25, 0.3) is 6.71 Å². The fraction of sp³-hybridized carbons (Fsp3) is 0.415. The van der Waals surface area contributed by atoms with Crippen molar-refractivity contribution in [3.63, 3.8) is 0 Å². The lowest BCUT2D eigenvalue weighted by Gasteiger charge is -2.52. The number of hydrogen-bond acceptors (Lipinski definition) is 1. The lowest BCUT2D eigenvalue weighted by atomic mass is 9.33. The summed E-state index contributed by atoms with van der Waals surface area (Å²) in [6.07, 6.45) is 5.13. The van der Waals surface area contributed by atoms with Gasteiger partial charge >= 0.3 is 0 Å². The van der Waals surface area contributed by atoms with E-state index < -0.39 is 0 Å². The molecule has 1 aliphatic carbocycles. The van der Waals surface area contributed by atoms with E-state index in [0.717, 1.165) is 0 Å². The molecule has 1 saturated carbocycles. The molecule has 1 fully saturated rings. The molecule has 4 heterocycles. The van der Waals surface area contributed by atoms with Crippen LogP contribution in [0, 0.1) is 6.92 Å². The van der Waals surface area contributed by atoms with Gasteiger partial charge in [-0.2, -0.15) is 0 Å². The third kappa shape index (κ3) is 3.05. The maximum absolute atomic E-state index is 2.85. The van der Waals surface area contributed by atoms with E-state index in [1.54, 1.807) is 5.56 Å². The first-order chi connectivity index (χ1) is 20.7. The molecule has 2 nitrogen and oxygen atoms in total. The minimum atomic E-state index is 0.0480. The van der Waals surface area contributed by atoms with Gasteiger partial charge in [-0.1, -0.05) is 91.6 Å². The number of hydrogen-bond donors (Lipinski definition) is 0. The molecular formula is C41H45BN2. The predicted molar refractivity (Wildman–Crippen MR) is 190 cm³/mol. The molecule has 4 aliphatic rings. The van der Waals surface area contributed by atoms with Gasteiger partial charge in [0.05, 0.1) is 11.1 Å². The molecule has 0 N–H and O–H groups in total. The fourth-order valence-electron chi connectivity index (χ4n) is 9.85. The van der Waals surface area contributed by atoms with Gasteiger partial charge in [0.1, 0.15) is 0 Å². The van der Waals surface area contributed by atoms with Crippen LogP contribution in [0.2, 0.25) is 0 Å². The van der Waals surface area contributed by atoms with Crippen LogP contribution in [0.15, 0.2) is 60.7 Å². The molecule has 222 valence electrons. The Bertz CT molecular complexity index is 2100. The summed E-state index contributed by atoms with van der Waals surface area (Å²) < 4.78 is 2.65. The number of para-hydroxylation sites is 1. The second kappa shape index (κ2) is 8.03. The van der Waals surface area contributed by atoms with Gasteiger partial charge in [0, 0.05) is 38.8 Å². The Labute approximate surface area is 263 Å². The van der Waals surface area contributed by atoms with Crippen molar-refractivity contribution in [2.75, 3.05) is 4.90 Å². The first-order valence-electron chi connectivity index (χ1n) is 17.0. The number of nitrogens with zero attached hydrogens (tertiary/aromatic N) is 2. The molecule has 3 heteroatoms. The van der Waals surface area contributed by atoms with E-state index in [1.807, 2.05) is 0 Å². The Morgan fingerprint density at radius 3 is 2.18 bits per heavy atom. The summed E-state index contributed by atoms with van der Waals surface area (Å²) >= 11 is 0. The molecule has 3 aliphatic heterocycles. The van der Waals surface area contributed by atoms with Crippen molar-refractivity contribution >= 4 is 56.3 Å². The van der Waals surface area contributed by atoms with E-state index in [-0.39, 0.29) is 28.5 Å². The van der Waals surface area contributed by atoms with Crippen LogP contribution in [0.4, 0.5) is 11.4 Å². The molecule has 2 atom stereocenters. The average Bonchev–Trinajstić information content (AvgIpc) is 3.40. The van der Waals surface area contributed by atoms with Crippen LogP contribution in [-0.4, -0.2) is 16.8 Å². The van der Waals surface area contributed by atoms with Crippen LogP contribution >= 0.6 is 0 Å². The van der Waals surface area contributed by atoms with Crippen molar-refractivity contribution in [2.24, 2.45) is 0 Å². The summed E-state index contributed by atoms with van der Waals surface area (Å²) in [5.74, 6) is 0. The maximum atomic E-state index is 2.85. The largest absolute Gasteiger partial charge is 0.335 e. The van der Waals surface area contributed by atoms with Crippen molar-refractivity contribution in [1.29, 1.82) is 0 Å². The lowest BCUT2D eigenvalue weighted by molar-refractivity contribution is 0.195. The lowest BCUT2D eigenvalue weighted by Crippen LogP contribution is -2.64. The van der Waals surface area contributed by atoms with Gasteiger partial charge in [-0.3, -0.25) is 0 Å². The van der Waals surface area contributed by atoms with E-state index in [2.05, 4.69) is 132 Å². The standard InChI is InChI=1S/C41H45BN2/c1-24-19-33-35-34(20-24)44-37-29(40(8)17-10-11-18-41(40,44)9)13-12-14-30(37)42(35)31-23-26(39(5,6)7)22-28-27-21-25(38(2,3)4)15-16-32(27)43(33)36(28)31/h12-16,19-23H,10-11,17-18H2,1-9H3. The molecule has 5 aromatic rings. The summed E-state index contributed by atoms with van der Waals surface area (Å²) in [6.45, 7) is 21.8. The van der Waals surface area contributed by atoms with Crippen LogP contribution in [0.25, 0.3) is 27.5 Å². The number of anilines is 2. The fourth-order valence-corrected chi connectivity index (χ4v) is 9.85. The van der Waals surface area contributed by atoms with Gasteiger partial charge in [-0.05, 0) is 106 Å². The Balaban J connectivity index is 1.48. The smallest absolute Gasteiger partial charge is 0.252 e. The van der Waals surface area contributed by atoms with Crippen molar-refractivity contribution in [1.82, 2.24) is 4.57 Å². The molecular weight excluding hydrogens is 531 g/mol. The van der Waals surface area contributed by atoms with Crippen LogP contribution < -0.4 is 21.3 Å². The number of benzene rings is 4. The van der Waals surface area contributed by atoms with E-state index in [9.17, 15) is 0 Å². The summed E-state index contributed by atoms with van der Waals surface area (Å²) in [7, 11) is 0. The highest BCUT2D eigenvalue weighted by Crippen LogP contribution is 2.61. The Kier molecular flexibility index (Phi) is 4.91. The number of rotatable bonds is 0. The highest BCUT2D eigenvalue weighted by atomic mass is 15.3. The molecule has 9 rings (SSSR count). The minimum Gasteiger partial charge on any atom is -0.335 e. The first kappa shape index (κ1) is 26.9. The van der Waals surface area contributed by atoms with Gasteiger partial charge in [0.15, 0.2) is 0 Å². The van der Waals surface area contributed by atoms with Crippen molar-refractivity contribution in [2.45, 2.75) is 110 Å². The zero-order valence-corrected chi connectivity index (χ0v) is 28.1. The summed E-state index contributed by atoms with van der Waals surface area (Å²) in [5, 5.41) is 2.79. The molecule has 0 saturated heterocycles. The van der Waals surface area contributed by atoms with Crippen LogP contribution in [-0.2, 0) is 16.2 Å². The van der Waals surface area contributed by atoms with Crippen LogP contribution in [0.1, 0.15) is 103 Å². The van der Waals surface area contributed by atoms with Crippen molar-refractivity contribution in [3.05, 3.63) is 82.9 Å². The second-order valence-corrected chi connectivity index (χ2v) is 17.1. The van der Waals surface area contributed by atoms with Crippen molar-refractivity contribution in [3.8, 4) is 5.69 Å². The van der Waals surface area contributed by atoms with Gasteiger partial charge < -0.3 is 9.47 Å². The topological polar surface area (TPSA) is 8.17 Å². The number of aromatic nitrogens is 1. The summed E-state index contributed by atoms with van der Waals surface area (Å²) in [6, 6.07) is 24.7. The Morgan fingerprint density at radius 2 is 1.43 bits per heavy atom. The number of fused-ring (bicyclic) bond motifs is 10. The second-order valence-electron chi connectivity index (χ2n) is 17.1. The normalized spacial score (nSPS) is 23.3. The first-order valence-corrected chi connectivity index (χ1v) is 17.0. The SMILES string of the molecule is Cc1cc2c3c(c1)-n1c4ccc(C(C)(C)C)cc4c4cc(C(C)(C)C)cc(c41)B3c1cccc3c1N2C1(C)CCCCC31C. The van der Waals surface area contributed by atoms with E-state index in [1.165, 1.54) is 97.6 Å². The van der Waals surface area contributed by atoms with Gasteiger partial charge in [-0.15, -0.1) is 0 Å². The molecule has 4 aromatic carbocycles. The third-order valence-electron chi connectivity index (χ3n) is 12.5. The molecule has 44 heavy (non-hydrogen) atoms. The summed E-state index contributed by atoms with van der Waals surface area (Å²) in [5.41, 5.74) is 17.7. The molecule has 0 radical (unpaired) electrons. The monoisotopic (exact) mass is 576 g/mol. The molecule has 1 aromatic heterocycles. The quantitative estimate of drug-likeness (QED) is 0.165. The van der Waals surface area contributed by atoms with Gasteiger partial charge in [0.2, 0.25) is 0 Å². The molecule has 0 amide bonds. The molecule has 2 unspecified atom stereocenters. The molecule has 0 spiro atoms. The predicted octanol–water partition coefficient (Wildman–Crippen LogP) is 8.57. The van der Waals surface area contributed by atoms with Crippen LogP contribution in [0.3, 0.4) is 0 Å². The highest BCUT2D eigenvalue weighted by molar-refractivity contribution is 7.00. The molecule has 0 bridgehead atoms. The Morgan fingerprint density at radius 1 is 0.727 bits per heavy atom. The zero-order valence-electron chi connectivity index (χ0n) is 28.1. The van der Waals surface area contributed by atoms with Crippen LogP contribution in [0.5, 0.6) is 0 Å². The van der Waals surface area contributed by atoms with Crippen molar-refractivity contribution < 1.29 is 0 Å².